The maximum Gasteiger partial charge on any atom is 0.242 e. The number of carbonyl (C=O) groups is 3. The number of ether oxygens (including phenoxy) is 1. The number of hydrogen-bond donors (Lipinski definition) is 0. The molecule has 3 aliphatic rings. The van der Waals surface area contributed by atoms with Crippen LogP contribution in [0.4, 0.5) is 0 Å². The van der Waals surface area contributed by atoms with Gasteiger partial charge in [0.1, 0.15) is 11.4 Å². The van der Waals surface area contributed by atoms with E-state index in [2.05, 4.69) is 0 Å². The zero-order valence-corrected chi connectivity index (χ0v) is 16.4. The fourth-order valence-electron chi connectivity index (χ4n) is 4.49. The van der Waals surface area contributed by atoms with Gasteiger partial charge in [-0.05, 0) is 25.3 Å². The van der Waals surface area contributed by atoms with E-state index in [0.29, 0.717) is 39.1 Å². The largest absolute Gasteiger partial charge is 0.483 e. The van der Waals surface area contributed by atoms with E-state index in [-0.39, 0.29) is 24.3 Å². The van der Waals surface area contributed by atoms with Crippen LogP contribution in [0.25, 0.3) is 0 Å². The summed E-state index contributed by atoms with van der Waals surface area (Å²) in [6.45, 7) is 4.45. The van der Waals surface area contributed by atoms with Crippen molar-refractivity contribution in [1.82, 2.24) is 14.7 Å². The summed E-state index contributed by atoms with van der Waals surface area (Å²) in [5.41, 5.74) is 0.377. The van der Waals surface area contributed by atoms with Crippen molar-refractivity contribution in [2.24, 2.45) is 0 Å². The average molecular weight is 385 g/mol. The zero-order valence-electron chi connectivity index (χ0n) is 16.4. The molecule has 2 fully saturated rings. The molecule has 150 valence electrons. The third kappa shape index (κ3) is 3.70. The fourth-order valence-corrected chi connectivity index (χ4v) is 4.49. The lowest BCUT2D eigenvalue weighted by Crippen LogP contribution is -2.59. The van der Waals surface area contributed by atoms with Crippen molar-refractivity contribution in [2.75, 3.05) is 32.7 Å². The van der Waals surface area contributed by atoms with E-state index in [1.807, 2.05) is 29.2 Å². The van der Waals surface area contributed by atoms with E-state index in [0.717, 1.165) is 30.6 Å². The van der Waals surface area contributed by atoms with E-state index >= 15 is 0 Å². The number of benzene rings is 1. The van der Waals surface area contributed by atoms with Gasteiger partial charge in [-0.2, -0.15) is 0 Å². The quantitative estimate of drug-likeness (QED) is 0.772. The van der Waals surface area contributed by atoms with Gasteiger partial charge in [-0.3, -0.25) is 14.4 Å². The summed E-state index contributed by atoms with van der Waals surface area (Å²) in [5.74, 6) is 0.813. The van der Waals surface area contributed by atoms with Gasteiger partial charge in [0, 0.05) is 38.5 Å². The molecule has 28 heavy (non-hydrogen) atoms. The first-order valence-corrected chi connectivity index (χ1v) is 10.0. The molecule has 1 unspecified atom stereocenters. The standard InChI is InChI=1S/C21H27N3O4/c1-16(25)24-12-17-6-2-3-7-18(17)28-21(15-24)9-5-11-23(14-21)20(27)13-22-10-4-8-19(22)26/h2-3,6-7H,4-5,8-15H2,1H3. The molecule has 4 rings (SSSR count). The SMILES string of the molecule is CC(=O)N1Cc2ccccc2OC2(CCCN(C(=O)CN3CCCC3=O)C2)C1. The number of para-hydroxylation sites is 1. The van der Waals surface area contributed by atoms with Crippen molar-refractivity contribution in [1.29, 1.82) is 0 Å². The Bertz CT molecular complexity index is 796. The van der Waals surface area contributed by atoms with Gasteiger partial charge in [0.05, 0.1) is 19.6 Å². The highest BCUT2D eigenvalue weighted by Crippen LogP contribution is 2.34. The van der Waals surface area contributed by atoms with Gasteiger partial charge in [0.25, 0.3) is 0 Å². The molecule has 1 aromatic carbocycles. The van der Waals surface area contributed by atoms with Gasteiger partial charge >= 0.3 is 0 Å². The third-order valence-electron chi connectivity index (χ3n) is 5.97. The van der Waals surface area contributed by atoms with Gasteiger partial charge in [0.2, 0.25) is 17.7 Å². The van der Waals surface area contributed by atoms with Crippen LogP contribution in [0.15, 0.2) is 24.3 Å². The lowest BCUT2D eigenvalue weighted by Gasteiger charge is -2.43. The predicted octanol–water partition coefficient (Wildman–Crippen LogP) is 1.41. The molecule has 2 saturated heterocycles. The molecule has 3 heterocycles. The van der Waals surface area contributed by atoms with E-state index in [9.17, 15) is 14.4 Å². The van der Waals surface area contributed by atoms with Crippen molar-refractivity contribution in [3.8, 4) is 5.75 Å². The second kappa shape index (κ2) is 7.45. The second-order valence-electron chi connectivity index (χ2n) is 8.11. The molecule has 3 amide bonds. The van der Waals surface area contributed by atoms with Crippen LogP contribution in [0, 0.1) is 0 Å². The van der Waals surface area contributed by atoms with Crippen LogP contribution in [0.3, 0.4) is 0 Å². The molecule has 0 aromatic heterocycles. The Morgan fingerprint density at radius 1 is 1.11 bits per heavy atom. The first kappa shape index (κ1) is 18.8. The lowest BCUT2D eigenvalue weighted by atomic mass is 9.91. The Kier molecular flexibility index (Phi) is 5.00. The van der Waals surface area contributed by atoms with Crippen LogP contribution >= 0.6 is 0 Å². The van der Waals surface area contributed by atoms with Crippen LogP contribution in [0.2, 0.25) is 0 Å². The Morgan fingerprint density at radius 2 is 1.89 bits per heavy atom. The molecule has 0 radical (unpaired) electrons. The van der Waals surface area contributed by atoms with Crippen LogP contribution in [-0.2, 0) is 20.9 Å². The number of nitrogens with zero attached hydrogens (tertiary/aromatic N) is 3. The van der Waals surface area contributed by atoms with Crippen molar-refractivity contribution >= 4 is 17.7 Å². The topological polar surface area (TPSA) is 70.2 Å². The van der Waals surface area contributed by atoms with Gasteiger partial charge < -0.3 is 19.4 Å². The molecule has 7 nitrogen and oxygen atoms in total. The van der Waals surface area contributed by atoms with Gasteiger partial charge in [-0.15, -0.1) is 0 Å². The summed E-state index contributed by atoms with van der Waals surface area (Å²) in [7, 11) is 0. The fraction of sp³-hybridized carbons (Fsp3) is 0.571. The molecule has 0 N–H and O–H groups in total. The zero-order chi connectivity index (χ0) is 19.7. The smallest absolute Gasteiger partial charge is 0.242 e. The number of rotatable bonds is 2. The number of carbonyl (C=O) groups excluding carboxylic acids is 3. The molecule has 1 aromatic rings. The van der Waals surface area contributed by atoms with Crippen LogP contribution in [-0.4, -0.2) is 70.7 Å². The molecule has 7 heteroatoms. The number of likely N-dealkylation sites (tertiary alicyclic amines) is 2. The number of piperidine rings is 1. The molecule has 1 atom stereocenters. The minimum Gasteiger partial charge on any atom is -0.483 e. The summed E-state index contributed by atoms with van der Waals surface area (Å²) >= 11 is 0. The van der Waals surface area contributed by atoms with Crippen molar-refractivity contribution < 1.29 is 19.1 Å². The highest BCUT2D eigenvalue weighted by atomic mass is 16.5. The summed E-state index contributed by atoms with van der Waals surface area (Å²) in [6, 6.07) is 7.79. The van der Waals surface area contributed by atoms with E-state index in [1.165, 1.54) is 0 Å². The van der Waals surface area contributed by atoms with Crippen molar-refractivity contribution in [3.63, 3.8) is 0 Å². The first-order chi connectivity index (χ1) is 13.5. The van der Waals surface area contributed by atoms with Gasteiger partial charge in [-0.1, -0.05) is 18.2 Å². The summed E-state index contributed by atoms with van der Waals surface area (Å²) in [6.07, 6.45) is 2.96. The summed E-state index contributed by atoms with van der Waals surface area (Å²) < 4.78 is 6.47. The maximum atomic E-state index is 12.9. The summed E-state index contributed by atoms with van der Waals surface area (Å²) in [4.78, 5) is 42.2. The first-order valence-electron chi connectivity index (χ1n) is 10.0. The molecule has 0 bridgehead atoms. The highest BCUT2D eigenvalue weighted by molar-refractivity contribution is 5.86. The minimum absolute atomic E-state index is 0.00536. The Labute approximate surface area is 165 Å². The minimum atomic E-state index is -0.610. The van der Waals surface area contributed by atoms with Crippen LogP contribution in [0.5, 0.6) is 5.75 Å². The van der Waals surface area contributed by atoms with Crippen molar-refractivity contribution in [2.45, 2.75) is 44.8 Å². The predicted molar refractivity (Wildman–Crippen MR) is 103 cm³/mol. The number of amides is 3. The summed E-state index contributed by atoms with van der Waals surface area (Å²) in [5, 5.41) is 0. The van der Waals surface area contributed by atoms with Crippen LogP contribution < -0.4 is 4.74 Å². The Balaban J connectivity index is 1.54. The maximum absolute atomic E-state index is 12.9. The normalized spacial score (nSPS) is 24.8. The van der Waals surface area contributed by atoms with E-state index < -0.39 is 5.60 Å². The second-order valence-corrected chi connectivity index (χ2v) is 8.11. The van der Waals surface area contributed by atoms with Gasteiger partial charge in [0.15, 0.2) is 0 Å². The number of hydrogen-bond acceptors (Lipinski definition) is 4. The van der Waals surface area contributed by atoms with E-state index in [4.69, 9.17) is 4.74 Å². The molecular formula is C21H27N3O4. The molecule has 3 aliphatic heterocycles. The third-order valence-corrected chi connectivity index (χ3v) is 5.97. The van der Waals surface area contributed by atoms with Crippen molar-refractivity contribution in [3.05, 3.63) is 29.8 Å². The van der Waals surface area contributed by atoms with Crippen LogP contribution in [0.1, 0.15) is 38.2 Å². The average Bonchev–Trinajstić information content (AvgIpc) is 2.99. The van der Waals surface area contributed by atoms with E-state index in [1.54, 1.807) is 16.7 Å². The highest BCUT2D eigenvalue weighted by Gasteiger charge is 2.43. The molecular weight excluding hydrogens is 358 g/mol. The molecule has 0 saturated carbocycles. The Morgan fingerprint density at radius 3 is 2.64 bits per heavy atom. The molecule has 1 spiro atoms. The Hall–Kier alpha value is -2.57. The molecule has 0 aliphatic carbocycles. The van der Waals surface area contributed by atoms with Gasteiger partial charge in [-0.25, -0.2) is 0 Å². The lowest BCUT2D eigenvalue weighted by molar-refractivity contribution is -0.144. The number of fused-ring (bicyclic) bond motifs is 1. The monoisotopic (exact) mass is 385 g/mol.